The topological polar surface area (TPSA) is 53.2 Å². The van der Waals surface area contributed by atoms with Gasteiger partial charge in [0.25, 0.3) is 0 Å². The van der Waals surface area contributed by atoms with Gasteiger partial charge in [-0.1, -0.05) is 18.6 Å². The lowest BCUT2D eigenvalue weighted by Gasteiger charge is -2.39. The number of hydrogen-bond acceptors (Lipinski definition) is 3. The SMILES string of the molecule is CC(C)(C(=O)c1ccc2[nH]c3ccccc3c(=O)c2c1)N1CCCCC1. The first-order valence-corrected chi connectivity index (χ1v) is 9.33. The van der Waals surface area contributed by atoms with Gasteiger partial charge in [0.1, 0.15) is 0 Å². The molecular weight excluding hydrogens is 324 g/mol. The Balaban J connectivity index is 1.79. The fourth-order valence-electron chi connectivity index (χ4n) is 4.01. The van der Waals surface area contributed by atoms with Crippen molar-refractivity contribution in [2.75, 3.05) is 13.1 Å². The van der Waals surface area contributed by atoms with E-state index in [0.717, 1.165) is 37.0 Å². The minimum atomic E-state index is -0.558. The minimum Gasteiger partial charge on any atom is -0.354 e. The molecule has 1 aliphatic heterocycles. The van der Waals surface area contributed by atoms with Gasteiger partial charge in [0.2, 0.25) is 0 Å². The van der Waals surface area contributed by atoms with E-state index in [2.05, 4.69) is 9.88 Å². The predicted octanol–water partition coefficient (Wildman–Crippen LogP) is 4.13. The maximum absolute atomic E-state index is 13.2. The largest absolute Gasteiger partial charge is 0.354 e. The summed E-state index contributed by atoms with van der Waals surface area (Å²) in [6.07, 6.45) is 3.51. The predicted molar refractivity (Wildman–Crippen MR) is 106 cm³/mol. The molecule has 4 rings (SSSR count). The molecule has 3 aromatic rings. The van der Waals surface area contributed by atoms with Crippen molar-refractivity contribution in [1.29, 1.82) is 0 Å². The monoisotopic (exact) mass is 348 g/mol. The van der Waals surface area contributed by atoms with E-state index < -0.39 is 5.54 Å². The van der Waals surface area contributed by atoms with E-state index >= 15 is 0 Å². The highest BCUT2D eigenvalue weighted by Crippen LogP contribution is 2.26. The normalized spacial score (nSPS) is 16.2. The van der Waals surface area contributed by atoms with E-state index in [1.165, 1.54) is 6.42 Å². The molecular formula is C22H24N2O2. The van der Waals surface area contributed by atoms with Gasteiger partial charge in [-0.25, -0.2) is 0 Å². The van der Waals surface area contributed by atoms with Crippen molar-refractivity contribution >= 4 is 27.6 Å². The highest BCUT2D eigenvalue weighted by Gasteiger charge is 2.35. The smallest absolute Gasteiger partial charge is 0.197 e. The van der Waals surface area contributed by atoms with E-state index in [4.69, 9.17) is 0 Å². The Bertz CT molecular complexity index is 1040. The van der Waals surface area contributed by atoms with Crippen LogP contribution in [-0.4, -0.2) is 34.3 Å². The second-order valence-corrected chi connectivity index (χ2v) is 7.70. The molecule has 0 bridgehead atoms. The van der Waals surface area contributed by atoms with Crippen molar-refractivity contribution < 1.29 is 4.79 Å². The Morgan fingerprint density at radius 1 is 0.962 bits per heavy atom. The molecule has 1 aliphatic rings. The van der Waals surface area contributed by atoms with Crippen LogP contribution in [0.15, 0.2) is 47.3 Å². The average Bonchev–Trinajstić information content (AvgIpc) is 2.68. The molecule has 2 aromatic carbocycles. The number of fused-ring (bicyclic) bond motifs is 2. The van der Waals surface area contributed by atoms with Crippen molar-refractivity contribution in [3.63, 3.8) is 0 Å². The van der Waals surface area contributed by atoms with Crippen LogP contribution in [0.4, 0.5) is 0 Å². The van der Waals surface area contributed by atoms with Crippen LogP contribution in [0.5, 0.6) is 0 Å². The summed E-state index contributed by atoms with van der Waals surface area (Å²) >= 11 is 0. The van der Waals surface area contributed by atoms with Gasteiger partial charge in [0, 0.05) is 27.4 Å². The summed E-state index contributed by atoms with van der Waals surface area (Å²) in [4.78, 5) is 31.7. The number of Topliss-reactive ketones (excluding diaryl/α,β-unsaturated/α-hetero) is 1. The first kappa shape index (κ1) is 17.0. The fraction of sp³-hybridized carbons (Fsp3) is 0.364. The summed E-state index contributed by atoms with van der Waals surface area (Å²) in [5.74, 6) is 0.0776. The van der Waals surface area contributed by atoms with Gasteiger partial charge in [-0.2, -0.15) is 0 Å². The molecule has 0 aliphatic carbocycles. The van der Waals surface area contributed by atoms with Crippen LogP contribution in [0.2, 0.25) is 0 Å². The molecule has 2 heterocycles. The fourth-order valence-corrected chi connectivity index (χ4v) is 4.01. The van der Waals surface area contributed by atoms with Crippen molar-refractivity contribution in [1.82, 2.24) is 9.88 Å². The summed E-state index contributed by atoms with van der Waals surface area (Å²) in [5, 5.41) is 1.23. The van der Waals surface area contributed by atoms with Gasteiger partial charge in [0.05, 0.1) is 5.54 Å². The van der Waals surface area contributed by atoms with E-state index in [-0.39, 0.29) is 11.2 Å². The molecule has 4 nitrogen and oxygen atoms in total. The number of pyridine rings is 1. The molecule has 1 aromatic heterocycles. The molecule has 1 fully saturated rings. The summed E-state index contributed by atoms with van der Waals surface area (Å²) in [5.41, 5.74) is 1.60. The van der Waals surface area contributed by atoms with Gasteiger partial charge >= 0.3 is 0 Å². The zero-order valence-electron chi connectivity index (χ0n) is 15.3. The first-order chi connectivity index (χ1) is 12.5. The second-order valence-electron chi connectivity index (χ2n) is 7.70. The standard InChI is InChI=1S/C22H24N2O2/c1-22(2,24-12-6-3-7-13-24)21(26)15-10-11-19-17(14-15)20(25)16-8-4-5-9-18(16)23-19/h4-5,8-11,14H,3,6-7,12-13H2,1-2H3,(H,23,25). The molecule has 0 amide bonds. The second kappa shape index (κ2) is 6.36. The highest BCUT2D eigenvalue weighted by molar-refractivity contribution is 6.05. The van der Waals surface area contributed by atoms with E-state index in [0.29, 0.717) is 16.3 Å². The number of carbonyl (C=O) groups is 1. The Hall–Kier alpha value is -2.46. The summed E-state index contributed by atoms with van der Waals surface area (Å²) in [7, 11) is 0. The number of aromatic nitrogens is 1. The number of nitrogens with zero attached hydrogens (tertiary/aromatic N) is 1. The van der Waals surface area contributed by atoms with Gasteiger partial charge < -0.3 is 4.98 Å². The number of aromatic amines is 1. The lowest BCUT2D eigenvalue weighted by molar-refractivity contribution is 0.0579. The van der Waals surface area contributed by atoms with Gasteiger partial charge in [-0.3, -0.25) is 14.5 Å². The number of likely N-dealkylation sites (tertiary alicyclic amines) is 1. The molecule has 0 saturated carbocycles. The molecule has 1 saturated heterocycles. The summed E-state index contributed by atoms with van der Waals surface area (Å²) < 4.78 is 0. The molecule has 134 valence electrons. The van der Waals surface area contributed by atoms with E-state index in [9.17, 15) is 9.59 Å². The Morgan fingerprint density at radius 3 is 2.42 bits per heavy atom. The zero-order valence-corrected chi connectivity index (χ0v) is 15.3. The minimum absolute atomic E-state index is 0.0280. The van der Waals surface area contributed by atoms with Crippen LogP contribution < -0.4 is 5.43 Å². The summed E-state index contributed by atoms with van der Waals surface area (Å²) in [6, 6.07) is 12.9. The Morgan fingerprint density at radius 2 is 1.65 bits per heavy atom. The van der Waals surface area contributed by atoms with Gasteiger partial charge in [-0.15, -0.1) is 0 Å². The summed E-state index contributed by atoms with van der Waals surface area (Å²) in [6.45, 7) is 5.90. The Labute approximate surface area is 152 Å². The Kier molecular flexibility index (Phi) is 4.16. The van der Waals surface area contributed by atoms with Crippen LogP contribution in [0.25, 0.3) is 21.8 Å². The van der Waals surface area contributed by atoms with Crippen LogP contribution in [0.3, 0.4) is 0 Å². The van der Waals surface area contributed by atoms with Crippen LogP contribution >= 0.6 is 0 Å². The van der Waals surface area contributed by atoms with E-state index in [1.807, 2.05) is 50.2 Å². The number of carbonyl (C=O) groups excluding carboxylic acids is 1. The third kappa shape index (κ3) is 2.74. The highest BCUT2D eigenvalue weighted by atomic mass is 16.1. The zero-order chi connectivity index (χ0) is 18.3. The molecule has 0 atom stereocenters. The van der Waals surface area contributed by atoms with Crippen molar-refractivity contribution in [3.8, 4) is 0 Å². The maximum atomic E-state index is 13.2. The quantitative estimate of drug-likeness (QED) is 0.572. The molecule has 4 heteroatoms. The third-order valence-electron chi connectivity index (χ3n) is 5.67. The van der Waals surface area contributed by atoms with Crippen molar-refractivity contribution in [3.05, 3.63) is 58.3 Å². The molecule has 0 spiro atoms. The van der Waals surface area contributed by atoms with Gasteiger partial charge in [-0.05, 0) is 70.1 Å². The van der Waals surface area contributed by atoms with Crippen molar-refractivity contribution in [2.45, 2.75) is 38.6 Å². The van der Waals surface area contributed by atoms with Crippen LogP contribution in [0, 0.1) is 0 Å². The third-order valence-corrected chi connectivity index (χ3v) is 5.67. The lowest BCUT2D eigenvalue weighted by atomic mass is 9.89. The molecule has 26 heavy (non-hydrogen) atoms. The number of nitrogens with one attached hydrogen (secondary N) is 1. The molecule has 1 N–H and O–H groups in total. The lowest BCUT2D eigenvalue weighted by Crippen LogP contribution is -2.52. The number of piperidine rings is 1. The number of para-hydroxylation sites is 1. The first-order valence-electron chi connectivity index (χ1n) is 9.33. The average molecular weight is 348 g/mol. The number of ketones is 1. The number of H-pyrrole nitrogens is 1. The number of rotatable bonds is 3. The number of hydrogen-bond donors (Lipinski definition) is 1. The molecule has 0 unspecified atom stereocenters. The van der Waals surface area contributed by atoms with E-state index in [1.54, 1.807) is 6.07 Å². The molecule has 0 radical (unpaired) electrons. The van der Waals surface area contributed by atoms with Crippen LogP contribution in [0.1, 0.15) is 43.5 Å². The van der Waals surface area contributed by atoms with Crippen molar-refractivity contribution in [2.24, 2.45) is 0 Å². The van der Waals surface area contributed by atoms with Gasteiger partial charge in [0.15, 0.2) is 11.2 Å². The number of benzene rings is 2. The van der Waals surface area contributed by atoms with Crippen LogP contribution in [-0.2, 0) is 0 Å². The maximum Gasteiger partial charge on any atom is 0.197 e.